The first-order valence-corrected chi connectivity index (χ1v) is 7.93. The van der Waals surface area contributed by atoms with Crippen LogP contribution in [0.3, 0.4) is 0 Å². The summed E-state index contributed by atoms with van der Waals surface area (Å²) in [6, 6.07) is 1.67. The molecule has 0 aliphatic carbocycles. The Hall–Kier alpha value is -0.470. The van der Waals surface area contributed by atoms with Crippen molar-refractivity contribution >= 4 is 21.4 Å². The first kappa shape index (κ1) is 15.6. The van der Waals surface area contributed by atoms with E-state index in [0.717, 1.165) is 9.75 Å². The van der Waals surface area contributed by atoms with Crippen LogP contribution >= 0.6 is 11.3 Å². The first-order valence-electron chi connectivity index (χ1n) is 5.68. The van der Waals surface area contributed by atoms with Gasteiger partial charge in [0, 0.05) is 43.6 Å². The molecule has 0 bridgehead atoms. The maximum Gasteiger partial charge on any atom is 0.243 e. The number of hydrogen-bond acceptors (Lipinski definition) is 5. The van der Waals surface area contributed by atoms with Gasteiger partial charge in [-0.15, -0.1) is 11.3 Å². The minimum atomic E-state index is -3.41. The van der Waals surface area contributed by atoms with E-state index in [9.17, 15) is 8.42 Å². The average Bonchev–Trinajstić information content (AvgIpc) is 2.71. The number of sulfonamides is 1. The molecule has 0 amide bonds. The fourth-order valence-corrected chi connectivity index (χ4v) is 4.29. The van der Waals surface area contributed by atoms with Crippen LogP contribution in [0.5, 0.6) is 0 Å². The lowest BCUT2D eigenvalue weighted by molar-refractivity contribution is 0.189. The van der Waals surface area contributed by atoms with E-state index in [1.165, 1.54) is 15.6 Å². The first-order chi connectivity index (χ1) is 8.43. The van der Waals surface area contributed by atoms with Crippen molar-refractivity contribution in [1.82, 2.24) is 4.31 Å². The molecule has 1 aromatic heterocycles. The van der Waals surface area contributed by atoms with Crippen molar-refractivity contribution in [2.75, 3.05) is 27.3 Å². The molecule has 0 radical (unpaired) electrons. The van der Waals surface area contributed by atoms with Crippen molar-refractivity contribution in [2.45, 2.75) is 24.8 Å². The number of aryl methyl sites for hydroxylation is 1. The molecule has 1 heterocycles. The maximum atomic E-state index is 12.3. The molecule has 18 heavy (non-hydrogen) atoms. The summed E-state index contributed by atoms with van der Waals surface area (Å²) in [6.45, 7) is 3.17. The second-order valence-electron chi connectivity index (χ2n) is 4.01. The molecular weight excluding hydrogens is 272 g/mol. The summed E-state index contributed by atoms with van der Waals surface area (Å²) >= 11 is 1.43. The Labute approximate surface area is 113 Å². The third kappa shape index (κ3) is 3.52. The van der Waals surface area contributed by atoms with Crippen LogP contribution in [0.2, 0.25) is 0 Å². The van der Waals surface area contributed by atoms with Gasteiger partial charge in [0.25, 0.3) is 0 Å². The van der Waals surface area contributed by atoms with Crippen LogP contribution in [-0.2, 0) is 21.3 Å². The van der Waals surface area contributed by atoms with Gasteiger partial charge in [-0.1, -0.05) is 0 Å². The van der Waals surface area contributed by atoms with E-state index in [1.807, 2.05) is 0 Å². The molecule has 0 spiro atoms. The van der Waals surface area contributed by atoms with Gasteiger partial charge in [-0.05, 0) is 19.4 Å². The Morgan fingerprint density at radius 2 is 2.17 bits per heavy atom. The molecule has 0 fully saturated rings. The highest BCUT2D eigenvalue weighted by Gasteiger charge is 2.24. The fraction of sp³-hybridized carbons (Fsp3) is 0.636. The number of rotatable bonds is 7. The van der Waals surface area contributed by atoms with Gasteiger partial charge in [0.15, 0.2) is 0 Å². The van der Waals surface area contributed by atoms with E-state index in [2.05, 4.69) is 0 Å². The summed E-state index contributed by atoms with van der Waals surface area (Å²) in [7, 11) is -0.217. The van der Waals surface area contributed by atoms with Gasteiger partial charge in [0.1, 0.15) is 0 Å². The Kier molecular flexibility index (Phi) is 5.74. The summed E-state index contributed by atoms with van der Waals surface area (Å²) < 4.78 is 30.9. The van der Waals surface area contributed by atoms with Gasteiger partial charge >= 0.3 is 0 Å². The Morgan fingerprint density at radius 3 is 2.67 bits per heavy atom. The van der Waals surface area contributed by atoms with Gasteiger partial charge in [0.2, 0.25) is 10.0 Å². The monoisotopic (exact) mass is 292 g/mol. The molecule has 0 atom stereocenters. The number of methoxy groups -OCH3 is 1. The molecule has 104 valence electrons. The molecule has 0 aliphatic rings. The van der Waals surface area contributed by atoms with E-state index in [4.69, 9.17) is 10.5 Å². The predicted octanol–water partition coefficient (Wildman–Crippen LogP) is 1.17. The van der Waals surface area contributed by atoms with Gasteiger partial charge in [-0.2, -0.15) is 0 Å². The molecule has 5 nitrogen and oxygen atoms in total. The smallest absolute Gasteiger partial charge is 0.243 e. The molecule has 0 aromatic carbocycles. The molecule has 0 saturated carbocycles. The third-order valence-electron chi connectivity index (χ3n) is 2.63. The summed E-state index contributed by atoms with van der Waals surface area (Å²) in [5.41, 5.74) is 5.54. The van der Waals surface area contributed by atoms with Crippen LogP contribution in [0.1, 0.15) is 16.2 Å². The second-order valence-corrected chi connectivity index (χ2v) is 7.36. The lowest BCUT2D eigenvalue weighted by Gasteiger charge is -2.16. The normalized spacial score (nSPS) is 12.3. The molecule has 1 rings (SSSR count). The summed E-state index contributed by atoms with van der Waals surface area (Å²) in [5, 5.41) is 0. The second kappa shape index (κ2) is 6.63. The minimum Gasteiger partial charge on any atom is -0.385 e. The minimum absolute atomic E-state index is 0.368. The SMILES string of the molecule is COCCCN(C)S(=O)(=O)c1cc(CN)sc1C. The van der Waals surface area contributed by atoms with Crippen molar-refractivity contribution in [1.29, 1.82) is 0 Å². The van der Waals surface area contributed by atoms with Crippen molar-refractivity contribution in [3.63, 3.8) is 0 Å². The van der Waals surface area contributed by atoms with Crippen LogP contribution in [-0.4, -0.2) is 40.0 Å². The summed E-state index contributed by atoms with van der Waals surface area (Å²) in [5.74, 6) is 0. The highest BCUT2D eigenvalue weighted by molar-refractivity contribution is 7.89. The third-order valence-corrected chi connectivity index (χ3v) is 5.82. The van der Waals surface area contributed by atoms with E-state index in [0.29, 0.717) is 31.0 Å². The zero-order valence-electron chi connectivity index (χ0n) is 11.0. The number of thiophene rings is 1. The molecule has 7 heteroatoms. The maximum absolute atomic E-state index is 12.3. The molecule has 0 unspecified atom stereocenters. The topological polar surface area (TPSA) is 72.6 Å². The van der Waals surface area contributed by atoms with Crippen molar-refractivity contribution < 1.29 is 13.2 Å². The standard InChI is InChI=1S/C11H20N2O3S2/c1-9-11(7-10(8-12)17-9)18(14,15)13(2)5-4-6-16-3/h7H,4-6,8,12H2,1-3H3. The fourth-order valence-electron chi connectivity index (χ4n) is 1.60. The average molecular weight is 292 g/mol. The quantitative estimate of drug-likeness (QED) is 0.766. The van der Waals surface area contributed by atoms with Crippen LogP contribution in [0, 0.1) is 6.92 Å². The zero-order chi connectivity index (χ0) is 13.8. The number of ether oxygens (including phenoxy) is 1. The van der Waals surface area contributed by atoms with E-state index in [-0.39, 0.29) is 0 Å². The highest BCUT2D eigenvalue weighted by Crippen LogP contribution is 2.27. The zero-order valence-corrected chi connectivity index (χ0v) is 12.6. The van der Waals surface area contributed by atoms with Gasteiger partial charge in [-0.25, -0.2) is 12.7 Å². The van der Waals surface area contributed by atoms with Gasteiger partial charge in [-0.3, -0.25) is 0 Å². The van der Waals surface area contributed by atoms with Crippen molar-refractivity contribution in [3.05, 3.63) is 15.8 Å². The van der Waals surface area contributed by atoms with Crippen LogP contribution in [0.25, 0.3) is 0 Å². The molecular formula is C11H20N2O3S2. The highest BCUT2D eigenvalue weighted by atomic mass is 32.2. The van der Waals surface area contributed by atoms with Crippen molar-refractivity contribution in [2.24, 2.45) is 5.73 Å². The number of nitrogens with two attached hydrogens (primary N) is 1. The van der Waals surface area contributed by atoms with Gasteiger partial charge in [0.05, 0.1) is 4.90 Å². The molecule has 0 saturated heterocycles. The lowest BCUT2D eigenvalue weighted by Crippen LogP contribution is -2.28. The molecule has 2 N–H and O–H groups in total. The summed E-state index contributed by atoms with van der Waals surface area (Å²) in [4.78, 5) is 2.04. The van der Waals surface area contributed by atoms with Crippen LogP contribution in [0.4, 0.5) is 0 Å². The Balaban J connectivity index is 2.87. The van der Waals surface area contributed by atoms with Crippen LogP contribution in [0.15, 0.2) is 11.0 Å². The van der Waals surface area contributed by atoms with E-state index >= 15 is 0 Å². The van der Waals surface area contributed by atoms with E-state index < -0.39 is 10.0 Å². The number of hydrogen-bond donors (Lipinski definition) is 1. The summed E-state index contributed by atoms with van der Waals surface area (Å²) in [6.07, 6.45) is 0.680. The largest absolute Gasteiger partial charge is 0.385 e. The number of nitrogens with zero attached hydrogens (tertiary/aromatic N) is 1. The van der Waals surface area contributed by atoms with Crippen molar-refractivity contribution in [3.8, 4) is 0 Å². The Bertz CT molecular complexity index is 482. The van der Waals surface area contributed by atoms with E-state index in [1.54, 1.807) is 27.1 Å². The van der Waals surface area contributed by atoms with Gasteiger partial charge < -0.3 is 10.5 Å². The van der Waals surface area contributed by atoms with Crippen LogP contribution < -0.4 is 5.73 Å². The lowest BCUT2D eigenvalue weighted by atomic mass is 10.4. The molecule has 0 aliphatic heterocycles. The predicted molar refractivity (Wildman–Crippen MR) is 73.3 cm³/mol. The Morgan fingerprint density at radius 1 is 1.50 bits per heavy atom. The molecule has 1 aromatic rings.